The largest absolute Gasteiger partial charge is 0.504 e. The summed E-state index contributed by atoms with van der Waals surface area (Å²) in [4.78, 5) is 23.6. The Hall–Kier alpha value is -3.54. The number of ether oxygens (including phenoxy) is 2. The van der Waals surface area contributed by atoms with Crippen LogP contribution < -0.4 is 15.1 Å². The van der Waals surface area contributed by atoms with E-state index in [9.17, 15) is 14.7 Å². The number of benzene rings is 2. The smallest absolute Gasteiger partial charge is 0.339 e. The number of phenolic OH excluding ortho intramolecular Hbond substituents is 1. The molecule has 1 N–H and O–H groups in total. The summed E-state index contributed by atoms with van der Waals surface area (Å²) in [5.74, 6) is -0.223. The molecule has 0 saturated heterocycles. The van der Waals surface area contributed by atoms with Gasteiger partial charge in [-0.25, -0.2) is 9.59 Å². The minimum Gasteiger partial charge on any atom is -0.504 e. The van der Waals surface area contributed by atoms with Crippen LogP contribution in [0.4, 0.5) is 0 Å². The van der Waals surface area contributed by atoms with Gasteiger partial charge >= 0.3 is 11.6 Å². The second kappa shape index (κ2) is 6.92. The van der Waals surface area contributed by atoms with Gasteiger partial charge in [-0.3, -0.25) is 0 Å². The highest BCUT2D eigenvalue weighted by molar-refractivity contribution is 5.92. The summed E-state index contributed by atoms with van der Waals surface area (Å²) in [5.41, 5.74) is 0.378. The van der Waals surface area contributed by atoms with E-state index in [-0.39, 0.29) is 11.5 Å². The SMILES string of the molecule is COc1cc(/C=C/C(=O)Oc2cc(=O)oc3ccccc23)ccc1O. The lowest BCUT2D eigenvalue weighted by molar-refractivity contribution is -0.128. The summed E-state index contributed by atoms with van der Waals surface area (Å²) in [6.45, 7) is 0. The number of methoxy groups -OCH3 is 1. The predicted octanol–water partition coefficient (Wildman–Crippen LogP) is 3.13. The highest BCUT2D eigenvalue weighted by Crippen LogP contribution is 2.27. The summed E-state index contributed by atoms with van der Waals surface area (Å²) in [6, 6.07) is 12.5. The molecule has 0 fully saturated rings. The van der Waals surface area contributed by atoms with Crippen molar-refractivity contribution in [3.63, 3.8) is 0 Å². The Morgan fingerprint density at radius 2 is 1.92 bits per heavy atom. The molecule has 0 bridgehead atoms. The van der Waals surface area contributed by atoms with Crippen molar-refractivity contribution in [1.82, 2.24) is 0 Å². The van der Waals surface area contributed by atoms with Crippen LogP contribution in [0.25, 0.3) is 17.0 Å². The highest BCUT2D eigenvalue weighted by atomic mass is 16.5. The van der Waals surface area contributed by atoms with E-state index in [4.69, 9.17) is 13.9 Å². The zero-order chi connectivity index (χ0) is 17.8. The quantitative estimate of drug-likeness (QED) is 0.447. The predicted molar refractivity (Wildman–Crippen MR) is 91.8 cm³/mol. The number of phenols is 1. The van der Waals surface area contributed by atoms with Crippen molar-refractivity contribution in [3.8, 4) is 17.2 Å². The molecule has 0 amide bonds. The van der Waals surface area contributed by atoms with Crippen LogP contribution in [0.1, 0.15) is 5.56 Å². The first kappa shape index (κ1) is 16.3. The van der Waals surface area contributed by atoms with Crippen LogP contribution >= 0.6 is 0 Å². The molecule has 6 nitrogen and oxygen atoms in total. The molecule has 3 aromatic rings. The highest BCUT2D eigenvalue weighted by Gasteiger charge is 2.09. The van der Waals surface area contributed by atoms with E-state index in [2.05, 4.69) is 0 Å². The molecule has 25 heavy (non-hydrogen) atoms. The first-order valence-corrected chi connectivity index (χ1v) is 7.36. The molecule has 126 valence electrons. The van der Waals surface area contributed by atoms with Gasteiger partial charge in [-0.15, -0.1) is 0 Å². The minimum atomic E-state index is -0.650. The molecule has 0 saturated carbocycles. The summed E-state index contributed by atoms with van der Waals surface area (Å²) >= 11 is 0. The maximum atomic E-state index is 12.0. The van der Waals surface area contributed by atoms with Crippen LogP contribution in [0.5, 0.6) is 17.2 Å². The molecule has 0 spiro atoms. The Bertz CT molecular complexity index is 1020. The lowest BCUT2D eigenvalue weighted by atomic mass is 10.2. The fourth-order valence-corrected chi connectivity index (χ4v) is 2.27. The normalized spacial score (nSPS) is 10.9. The molecule has 3 rings (SSSR count). The number of carbonyl (C=O) groups is 1. The van der Waals surface area contributed by atoms with Gasteiger partial charge in [-0.05, 0) is 35.9 Å². The van der Waals surface area contributed by atoms with Crippen molar-refractivity contribution in [1.29, 1.82) is 0 Å². The fourth-order valence-electron chi connectivity index (χ4n) is 2.27. The first-order chi connectivity index (χ1) is 12.1. The van der Waals surface area contributed by atoms with Crippen LogP contribution in [0, 0.1) is 0 Å². The van der Waals surface area contributed by atoms with Gasteiger partial charge in [0, 0.05) is 6.08 Å². The van der Waals surface area contributed by atoms with Crippen molar-refractivity contribution in [2.24, 2.45) is 0 Å². The Morgan fingerprint density at radius 1 is 1.12 bits per heavy atom. The van der Waals surface area contributed by atoms with E-state index >= 15 is 0 Å². The van der Waals surface area contributed by atoms with Gasteiger partial charge in [0.2, 0.25) is 0 Å². The van der Waals surface area contributed by atoms with Gasteiger partial charge in [-0.1, -0.05) is 18.2 Å². The summed E-state index contributed by atoms with van der Waals surface area (Å²) in [7, 11) is 1.43. The van der Waals surface area contributed by atoms with Crippen molar-refractivity contribution in [2.45, 2.75) is 0 Å². The third-order valence-corrected chi connectivity index (χ3v) is 3.44. The fraction of sp³-hybridized carbons (Fsp3) is 0.0526. The van der Waals surface area contributed by atoms with Crippen LogP contribution in [-0.2, 0) is 4.79 Å². The second-order valence-electron chi connectivity index (χ2n) is 5.11. The maximum absolute atomic E-state index is 12.0. The van der Waals surface area contributed by atoms with Gasteiger partial charge < -0.3 is 19.0 Å². The van der Waals surface area contributed by atoms with E-state index in [0.29, 0.717) is 22.3 Å². The molecule has 1 aromatic heterocycles. The third kappa shape index (κ3) is 3.69. The number of fused-ring (bicyclic) bond motifs is 1. The van der Waals surface area contributed by atoms with Crippen LogP contribution in [0.3, 0.4) is 0 Å². The Labute approximate surface area is 142 Å². The minimum absolute atomic E-state index is 0.00436. The number of aromatic hydroxyl groups is 1. The molecule has 0 unspecified atom stereocenters. The average molecular weight is 338 g/mol. The van der Waals surface area contributed by atoms with Crippen molar-refractivity contribution >= 4 is 23.0 Å². The van der Waals surface area contributed by atoms with E-state index in [1.165, 1.54) is 25.3 Å². The number of hydrogen-bond acceptors (Lipinski definition) is 6. The summed E-state index contributed by atoms with van der Waals surface area (Å²) < 4.78 is 15.3. The van der Waals surface area contributed by atoms with Crippen LogP contribution in [0.2, 0.25) is 0 Å². The zero-order valence-electron chi connectivity index (χ0n) is 13.3. The summed E-state index contributed by atoms with van der Waals surface area (Å²) in [5, 5.41) is 10.1. The Balaban J connectivity index is 1.82. The number of esters is 1. The van der Waals surface area contributed by atoms with E-state index in [1.807, 2.05) is 0 Å². The van der Waals surface area contributed by atoms with Gasteiger partial charge in [0.25, 0.3) is 0 Å². The number of para-hydroxylation sites is 1. The molecule has 0 radical (unpaired) electrons. The monoisotopic (exact) mass is 338 g/mol. The first-order valence-electron chi connectivity index (χ1n) is 7.36. The Morgan fingerprint density at radius 3 is 2.72 bits per heavy atom. The van der Waals surface area contributed by atoms with Gasteiger partial charge in [0.15, 0.2) is 11.5 Å². The number of rotatable bonds is 4. The molecule has 0 aliphatic carbocycles. The van der Waals surface area contributed by atoms with E-state index in [0.717, 1.165) is 6.07 Å². The van der Waals surface area contributed by atoms with Crippen molar-refractivity contribution in [3.05, 3.63) is 70.6 Å². The maximum Gasteiger partial charge on any atom is 0.339 e. The number of carbonyl (C=O) groups excluding carboxylic acids is 1. The molecule has 0 aliphatic rings. The second-order valence-corrected chi connectivity index (χ2v) is 5.11. The third-order valence-electron chi connectivity index (χ3n) is 3.44. The van der Waals surface area contributed by atoms with Crippen molar-refractivity contribution < 1.29 is 23.8 Å². The lowest BCUT2D eigenvalue weighted by Gasteiger charge is -2.05. The number of hydrogen-bond donors (Lipinski definition) is 1. The molecular formula is C19H14O6. The van der Waals surface area contributed by atoms with Gasteiger partial charge in [-0.2, -0.15) is 0 Å². The van der Waals surface area contributed by atoms with E-state index < -0.39 is 11.6 Å². The lowest BCUT2D eigenvalue weighted by Crippen LogP contribution is -2.07. The standard InChI is InChI=1S/C19H14O6/c1-23-17-10-12(6-8-14(17)20)7-9-18(21)25-16-11-19(22)24-15-5-3-2-4-13(15)16/h2-11,20H,1H3/b9-7+. The van der Waals surface area contributed by atoms with Crippen molar-refractivity contribution in [2.75, 3.05) is 7.11 Å². The molecule has 6 heteroatoms. The molecular weight excluding hydrogens is 324 g/mol. The van der Waals surface area contributed by atoms with E-state index in [1.54, 1.807) is 36.4 Å². The molecule has 1 heterocycles. The zero-order valence-corrected chi connectivity index (χ0v) is 13.3. The van der Waals surface area contributed by atoms with Gasteiger partial charge in [0.1, 0.15) is 11.3 Å². The summed E-state index contributed by atoms with van der Waals surface area (Å²) in [6.07, 6.45) is 2.73. The average Bonchev–Trinajstić information content (AvgIpc) is 2.61. The van der Waals surface area contributed by atoms with Crippen LogP contribution in [-0.4, -0.2) is 18.2 Å². The topological polar surface area (TPSA) is 86.0 Å². The van der Waals surface area contributed by atoms with Gasteiger partial charge in [0.05, 0.1) is 18.6 Å². The molecule has 0 aliphatic heterocycles. The molecule has 0 atom stereocenters. The van der Waals surface area contributed by atoms with Crippen LogP contribution in [0.15, 0.2) is 63.8 Å². The Kier molecular flexibility index (Phi) is 4.52. The molecule has 2 aromatic carbocycles.